The summed E-state index contributed by atoms with van der Waals surface area (Å²) in [5.41, 5.74) is 6.61. The summed E-state index contributed by atoms with van der Waals surface area (Å²) in [4.78, 5) is 0. The van der Waals surface area contributed by atoms with Gasteiger partial charge in [0, 0.05) is 12.1 Å². The molecule has 0 unspecified atom stereocenters. The second-order valence-corrected chi connectivity index (χ2v) is 3.55. The van der Waals surface area contributed by atoms with Crippen molar-refractivity contribution in [2.24, 2.45) is 11.7 Å². The highest BCUT2D eigenvalue weighted by Gasteiger charge is 2.11. The van der Waals surface area contributed by atoms with Crippen LogP contribution in [-0.4, -0.2) is 10.2 Å². The van der Waals surface area contributed by atoms with Crippen LogP contribution in [0.1, 0.15) is 25.5 Å². The smallest absolute Gasteiger partial charge is 0.119 e. The Morgan fingerprint density at radius 2 is 1.54 bits per heavy atom. The maximum absolute atomic E-state index is 9.21. The van der Waals surface area contributed by atoms with E-state index in [9.17, 15) is 10.2 Å². The van der Waals surface area contributed by atoms with Gasteiger partial charge in [0.05, 0.1) is 0 Å². The predicted molar refractivity (Wildman–Crippen MR) is 51.5 cm³/mol. The molecule has 0 saturated heterocycles. The minimum Gasteiger partial charge on any atom is -0.508 e. The molecule has 3 nitrogen and oxygen atoms in total. The number of rotatable bonds is 2. The Bertz CT molecular complexity index is 277. The molecule has 0 amide bonds. The van der Waals surface area contributed by atoms with Crippen LogP contribution >= 0.6 is 0 Å². The molecular weight excluding hydrogens is 166 g/mol. The molecular formula is C10H15NO2. The van der Waals surface area contributed by atoms with Crippen LogP contribution in [0.5, 0.6) is 11.5 Å². The molecule has 4 N–H and O–H groups in total. The van der Waals surface area contributed by atoms with E-state index in [2.05, 4.69) is 0 Å². The van der Waals surface area contributed by atoms with E-state index in [1.54, 1.807) is 12.1 Å². The van der Waals surface area contributed by atoms with Gasteiger partial charge in [-0.25, -0.2) is 0 Å². The van der Waals surface area contributed by atoms with E-state index in [4.69, 9.17) is 5.73 Å². The summed E-state index contributed by atoms with van der Waals surface area (Å²) in [6.45, 7) is 3.98. The molecule has 0 heterocycles. The normalized spacial score (nSPS) is 13.2. The van der Waals surface area contributed by atoms with Gasteiger partial charge in [0.15, 0.2) is 0 Å². The molecule has 0 aliphatic rings. The second-order valence-electron chi connectivity index (χ2n) is 3.55. The van der Waals surface area contributed by atoms with Crippen LogP contribution in [0.4, 0.5) is 0 Å². The fourth-order valence-electron chi connectivity index (χ4n) is 1.20. The Morgan fingerprint density at radius 3 is 1.92 bits per heavy atom. The van der Waals surface area contributed by atoms with Gasteiger partial charge in [-0.05, 0) is 23.6 Å². The van der Waals surface area contributed by atoms with E-state index >= 15 is 0 Å². The Hall–Kier alpha value is -1.22. The number of aromatic hydroxyl groups is 2. The van der Waals surface area contributed by atoms with Gasteiger partial charge in [0.2, 0.25) is 0 Å². The summed E-state index contributed by atoms with van der Waals surface area (Å²) in [5, 5.41) is 18.4. The average molecular weight is 181 g/mol. The zero-order chi connectivity index (χ0) is 10.0. The molecule has 0 fully saturated rings. The van der Waals surface area contributed by atoms with Crippen molar-refractivity contribution in [1.82, 2.24) is 0 Å². The molecule has 1 rings (SSSR count). The molecule has 0 aliphatic carbocycles. The molecule has 1 aromatic rings. The fraction of sp³-hybridized carbons (Fsp3) is 0.400. The SMILES string of the molecule is CC(C)[C@H](N)c1cc(O)cc(O)c1. The maximum atomic E-state index is 9.21. The molecule has 72 valence electrons. The lowest BCUT2D eigenvalue weighted by Gasteiger charge is -2.16. The summed E-state index contributed by atoms with van der Waals surface area (Å²) in [6, 6.07) is 4.28. The van der Waals surface area contributed by atoms with E-state index < -0.39 is 0 Å². The summed E-state index contributed by atoms with van der Waals surface area (Å²) in [7, 11) is 0. The van der Waals surface area contributed by atoms with Crippen LogP contribution in [0, 0.1) is 5.92 Å². The highest BCUT2D eigenvalue weighted by atomic mass is 16.3. The van der Waals surface area contributed by atoms with E-state index in [1.165, 1.54) is 6.07 Å². The fourth-order valence-corrected chi connectivity index (χ4v) is 1.20. The molecule has 13 heavy (non-hydrogen) atoms. The molecule has 0 spiro atoms. The molecule has 0 bridgehead atoms. The van der Waals surface area contributed by atoms with Crippen molar-refractivity contribution in [2.45, 2.75) is 19.9 Å². The quantitative estimate of drug-likeness (QED) is 0.651. The monoisotopic (exact) mass is 181 g/mol. The van der Waals surface area contributed by atoms with Gasteiger partial charge >= 0.3 is 0 Å². The first-order valence-corrected chi connectivity index (χ1v) is 4.29. The van der Waals surface area contributed by atoms with Gasteiger partial charge in [-0.1, -0.05) is 13.8 Å². The predicted octanol–water partition coefficient (Wildman–Crippen LogP) is 1.75. The van der Waals surface area contributed by atoms with Crippen molar-refractivity contribution >= 4 is 0 Å². The second kappa shape index (κ2) is 3.66. The van der Waals surface area contributed by atoms with Crippen LogP contribution in [0.25, 0.3) is 0 Å². The number of hydrogen-bond acceptors (Lipinski definition) is 3. The highest BCUT2D eigenvalue weighted by molar-refractivity contribution is 5.38. The average Bonchev–Trinajstić information content (AvgIpc) is 2.01. The van der Waals surface area contributed by atoms with Crippen LogP contribution in [-0.2, 0) is 0 Å². The Labute approximate surface area is 77.8 Å². The first kappa shape index (κ1) is 9.86. The molecule has 0 radical (unpaired) electrons. The van der Waals surface area contributed by atoms with Gasteiger partial charge < -0.3 is 15.9 Å². The summed E-state index contributed by atoms with van der Waals surface area (Å²) < 4.78 is 0. The molecule has 0 aliphatic heterocycles. The van der Waals surface area contributed by atoms with Crippen molar-refractivity contribution < 1.29 is 10.2 Å². The molecule has 1 aromatic carbocycles. The van der Waals surface area contributed by atoms with Crippen molar-refractivity contribution in [2.75, 3.05) is 0 Å². The third kappa shape index (κ3) is 2.36. The standard InChI is InChI=1S/C10H15NO2/c1-6(2)10(11)7-3-8(12)5-9(13)4-7/h3-6,10,12-13H,11H2,1-2H3/t10-/m0/s1. The van der Waals surface area contributed by atoms with Crippen molar-refractivity contribution in [3.63, 3.8) is 0 Å². The third-order valence-electron chi connectivity index (χ3n) is 2.03. The summed E-state index contributed by atoms with van der Waals surface area (Å²) in [5.74, 6) is 0.374. The zero-order valence-corrected chi connectivity index (χ0v) is 7.86. The van der Waals surface area contributed by atoms with E-state index in [0.717, 1.165) is 5.56 Å². The molecule has 0 aromatic heterocycles. The highest BCUT2D eigenvalue weighted by Crippen LogP contribution is 2.26. The maximum Gasteiger partial charge on any atom is 0.119 e. The van der Waals surface area contributed by atoms with Crippen molar-refractivity contribution in [1.29, 1.82) is 0 Å². The third-order valence-corrected chi connectivity index (χ3v) is 2.03. The van der Waals surface area contributed by atoms with Crippen LogP contribution < -0.4 is 5.73 Å². The minimum absolute atomic E-state index is 0.0473. The first-order valence-electron chi connectivity index (χ1n) is 4.29. The number of hydrogen-bond donors (Lipinski definition) is 3. The van der Waals surface area contributed by atoms with E-state index in [0.29, 0.717) is 0 Å². The van der Waals surface area contributed by atoms with Gasteiger partial charge in [-0.2, -0.15) is 0 Å². The van der Waals surface area contributed by atoms with Crippen molar-refractivity contribution in [3.05, 3.63) is 23.8 Å². The summed E-state index contributed by atoms with van der Waals surface area (Å²) in [6.07, 6.45) is 0. The number of phenolic OH excluding ortho intramolecular Hbond substituents is 2. The lowest BCUT2D eigenvalue weighted by Crippen LogP contribution is -2.16. The molecule has 0 saturated carbocycles. The van der Waals surface area contributed by atoms with E-state index in [1.807, 2.05) is 13.8 Å². The van der Waals surface area contributed by atoms with Gasteiger partial charge in [-0.3, -0.25) is 0 Å². The topological polar surface area (TPSA) is 66.5 Å². The lowest BCUT2D eigenvalue weighted by atomic mass is 9.97. The summed E-state index contributed by atoms with van der Waals surface area (Å²) >= 11 is 0. The van der Waals surface area contributed by atoms with Gasteiger partial charge in [0.25, 0.3) is 0 Å². The molecule has 3 heteroatoms. The Balaban J connectivity index is 3.01. The number of nitrogens with two attached hydrogens (primary N) is 1. The van der Waals surface area contributed by atoms with Crippen LogP contribution in [0.2, 0.25) is 0 Å². The van der Waals surface area contributed by atoms with E-state index in [-0.39, 0.29) is 23.5 Å². The van der Waals surface area contributed by atoms with Gasteiger partial charge in [0.1, 0.15) is 11.5 Å². The lowest BCUT2D eigenvalue weighted by molar-refractivity contribution is 0.443. The number of benzene rings is 1. The Morgan fingerprint density at radius 1 is 1.08 bits per heavy atom. The zero-order valence-electron chi connectivity index (χ0n) is 7.86. The number of phenols is 2. The van der Waals surface area contributed by atoms with Crippen LogP contribution in [0.3, 0.4) is 0 Å². The largest absolute Gasteiger partial charge is 0.508 e. The molecule has 1 atom stereocenters. The minimum atomic E-state index is -0.155. The Kier molecular flexibility index (Phi) is 2.78. The van der Waals surface area contributed by atoms with Crippen LogP contribution in [0.15, 0.2) is 18.2 Å². The van der Waals surface area contributed by atoms with Crippen molar-refractivity contribution in [3.8, 4) is 11.5 Å². The van der Waals surface area contributed by atoms with Gasteiger partial charge in [-0.15, -0.1) is 0 Å². The first-order chi connectivity index (χ1) is 6.00.